The number of ketones is 1. The minimum absolute atomic E-state index is 0.0967. The smallest absolute Gasteiger partial charge is 0.183 e. The number of aliphatic hydroxyl groups excluding tert-OH is 1. The van der Waals surface area contributed by atoms with E-state index >= 15 is 0 Å². The van der Waals surface area contributed by atoms with Crippen LogP contribution < -0.4 is 0 Å². The van der Waals surface area contributed by atoms with Crippen LogP contribution in [0.4, 0.5) is 0 Å². The number of rotatable bonds is 5. The number of carbonyl (C=O) groups excluding carboxylic acids is 1. The van der Waals surface area contributed by atoms with Crippen molar-refractivity contribution in [2.24, 2.45) is 0 Å². The molecule has 0 aliphatic carbocycles. The zero-order valence-corrected chi connectivity index (χ0v) is 14.8. The predicted molar refractivity (Wildman–Crippen MR) is 101 cm³/mol. The number of aliphatic hydroxyl groups is 1. The van der Waals surface area contributed by atoms with E-state index in [1.54, 1.807) is 0 Å². The summed E-state index contributed by atoms with van der Waals surface area (Å²) in [6, 6.07) is 18.8. The fourth-order valence-corrected chi connectivity index (χ4v) is 3.53. The molecule has 0 saturated heterocycles. The summed E-state index contributed by atoms with van der Waals surface area (Å²) in [5.74, 6) is 0.0967. The first-order valence-electron chi connectivity index (χ1n) is 8.73. The average molecular weight is 335 g/mol. The van der Waals surface area contributed by atoms with Gasteiger partial charge in [-0.2, -0.15) is 0 Å². The summed E-state index contributed by atoms with van der Waals surface area (Å²) in [6.45, 7) is 2.12. The number of nitrogens with zero attached hydrogens (tertiary/aromatic N) is 1. The Morgan fingerprint density at radius 1 is 1.16 bits per heavy atom. The fraction of sp³-hybridized carbons (Fsp3) is 0.318. The van der Waals surface area contributed by atoms with Crippen molar-refractivity contribution in [2.45, 2.75) is 37.5 Å². The third-order valence-electron chi connectivity index (χ3n) is 5.29. The molecule has 1 N–H and O–H groups in total. The van der Waals surface area contributed by atoms with Crippen molar-refractivity contribution >= 4 is 5.78 Å². The first-order valence-corrected chi connectivity index (χ1v) is 8.73. The molecule has 25 heavy (non-hydrogen) atoms. The van der Waals surface area contributed by atoms with Gasteiger partial charge in [-0.15, -0.1) is 0 Å². The number of Topliss-reactive ketones (excluding diaryl/α,β-unsaturated/α-hetero) is 1. The van der Waals surface area contributed by atoms with E-state index in [4.69, 9.17) is 0 Å². The predicted octanol–water partition coefficient (Wildman–Crippen LogP) is 4.01. The fourth-order valence-electron chi connectivity index (χ4n) is 3.53. The maximum atomic E-state index is 12.9. The summed E-state index contributed by atoms with van der Waals surface area (Å²) in [5, 5.41) is 10.7. The summed E-state index contributed by atoms with van der Waals surface area (Å²) < 4.78 is 0. The molecule has 0 spiro atoms. The van der Waals surface area contributed by atoms with Crippen molar-refractivity contribution < 1.29 is 9.90 Å². The van der Waals surface area contributed by atoms with Crippen molar-refractivity contribution in [3.8, 4) is 0 Å². The summed E-state index contributed by atoms with van der Waals surface area (Å²) in [6.07, 6.45) is 4.89. The molecule has 0 radical (unpaired) electrons. The second-order valence-corrected chi connectivity index (χ2v) is 7.05. The van der Waals surface area contributed by atoms with Crippen molar-refractivity contribution in [3.63, 3.8) is 0 Å². The minimum Gasteiger partial charge on any atom is -0.388 e. The molecule has 0 saturated carbocycles. The standard InChI is InChI=1S/C22H25NO2/c1-22(16-20(24)17-10-5-3-6-11-17)15-9-14-19(23(22)2)21(25)18-12-7-4-8-13-18/h3-14,19-20,24H,15-16H2,1-2H3/t19?,20-,22?/m0/s1. The number of hydrogen-bond donors (Lipinski definition) is 1. The molecule has 1 aliphatic rings. The molecule has 3 nitrogen and oxygen atoms in total. The van der Waals surface area contributed by atoms with Crippen LogP contribution in [-0.2, 0) is 0 Å². The number of carbonyl (C=O) groups is 1. The zero-order chi connectivity index (χ0) is 17.9. The quantitative estimate of drug-likeness (QED) is 0.663. The molecule has 0 aromatic heterocycles. The van der Waals surface area contributed by atoms with Gasteiger partial charge in [-0.3, -0.25) is 9.69 Å². The maximum absolute atomic E-state index is 12.9. The van der Waals surface area contributed by atoms with E-state index in [2.05, 4.69) is 17.9 Å². The van der Waals surface area contributed by atoms with Crippen molar-refractivity contribution in [1.29, 1.82) is 0 Å². The average Bonchev–Trinajstić information content (AvgIpc) is 2.65. The Kier molecular flexibility index (Phi) is 5.16. The highest BCUT2D eigenvalue weighted by Crippen LogP contribution is 2.35. The largest absolute Gasteiger partial charge is 0.388 e. The normalized spacial score (nSPS) is 24.8. The summed E-state index contributed by atoms with van der Waals surface area (Å²) in [5.41, 5.74) is 1.36. The van der Waals surface area contributed by atoms with Gasteiger partial charge >= 0.3 is 0 Å². The Hall–Kier alpha value is -2.23. The van der Waals surface area contributed by atoms with Crippen LogP contribution in [0, 0.1) is 0 Å². The van der Waals surface area contributed by atoms with E-state index in [-0.39, 0.29) is 17.4 Å². The molecule has 1 heterocycles. The lowest BCUT2D eigenvalue weighted by Gasteiger charge is -2.45. The highest BCUT2D eigenvalue weighted by atomic mass is 16.3. The molecular formula is C22H25NO2. The summed E-state index contributed by atoms with van der Waals surface area (Å²) in [7, 11) is 1.98. The molecule has 3 rings (SSSR count). The van der Waals surface area contributed by atoms with Crippen LogP contribution in [0.5, 0.6) is 0 Å². The zero-order valence-electron chi connectivity index (χ0n) is 14.8. The van der Waals surface area contributed by atoms with E-state index in [1.165, 1.54) is 0 Å². The highest BCUT2D eigenvalue weighted by molar-refractivity contribution is 6.01. The van der Waals surface area contributed by atoms with Crippen LogP contribution in [0.3, 0.4) is 0 Å². The summed E-state index contributed by atoms with van der Waals surface area (Å²) >= 11 is 0. The van der Waals surface area contributed by atoms with Crippen molar-refractivity contribution in [1.82, 2.24) is 4.90 Å². The number of benzene rings is 2. The monoisotopic (exact) mass is 335 g/mol. The van der Waals surface area contributed by atoms with Gasteiger partial charge in [-0.1, -0.05) is 72.8 Å². The molecule has 3 atom stereocenters. The van der Waals surface area contributed by atoms with Gasteiger partial charge < -0.3 is 5.11 Å². The topological polar surface area (TPSA) is 40.5 Å². The molecule has 2 unspecified atom stereocenters. The van der Waals surface area contributed by atoms with E-state index in [0.717, 1.165) is 17.5 Å². The van der Waals surface area contributed by atoms with Crippen LogP contribution in [-0.4, -0.2) is 34.4 Å². The first-order chi connectivity index (χ1) is 12.0. The van der Waals surface area contributed by atoms with Gasteiger partial charge in [0.15, 0.2) is 5.78 Å². The lowest BCUT2D eigenvalue weighted by molar-refractivity contribution is 0.0336. The molecule has 1 aliphatic heterocycles. The van der Waals surface area contributed by atoms with E-state index in [1.807, 2.05) is 73.8 Å². The van der Waals surface area contributed by atoms with Gasteiger partial charge in [0.05, 0.1) is 12.1 Å². The van der Waals surface area contributed by atoms with E-state index in [9.17, 15) is 9.90 Å². The Morgan fingerprint density at radius 2 is 1.76 bits per heavy atom. The maximum Gasteiger partial charge on any atom is 0.183 e. The Morgan fingerprint density at radius 3 is 2.40 bits per heavy atom. The van der Waals surface area contributed by atoms with Gasteiger partial charge in [-0.05, 0) is 32.4 Å². The first kappa shape index (κ1) is 17.6. The van der Waals surface area contributed by atoms with Gasteiger partial charge in [0.1, 0.15) is 0 Å². The number of likely N-dealkylation sites (N-methyl/N-ethyl adjacent to an activating group) is 1. The lowest BCUT2D eigenvalue weighted by Crippen LogP contribution is -2.54. The van der Waals surface area contributed by atoms with E-state index in [0.29, 0.717) is 6.42 Å². The van der Waals surface area contributed by atoms with Crippen LogP contribution in [0.1, 0.15) is 41.8 Å². The molecule has 130 valence electrons. The Bertz CT molecular complexity index is 741. The Labute approximate surface area is 149 Å². The summed E-state index contributed by atoms with van der Waals surface area (Å²) in [4.78, 5) is 15.0. The third kappa shape index (κ3) is 3.73. The van der Waals surface area contributed by atoms with Crippen molar-refractivity contribution in [2.75, 3.05) is 7.05 Å². The van der Waals surface area contributed by atoms with Crippen LogP contribution in [0.15, 0.2) is 72.8 Å². The molecule has 0 bridgehead atoms. The lowest BCUT2D eigenvalue weighted by atomic mass is 9.82. The molecular weight excluding hydrogens is 310 g/mol. The Balaban J connectivity index is 1.79. The second kappa shape index (κ2) is 7.34. The second-order valence-electron chi connectivity index (χ2n) is 7.05. The van der Waals surface area contributed by atoms with Gasteiger partial charge in [0.25, 0.3) is 0 Å². The van der Waals surface area contributed by atoms with Gasteiger partial charge in [0, 0.05) is 11.1 Å². The van der Waals surface area contributed by atoms with Gasteiger partial charge in [-0.25, -0.2) is 0 Å². The highest BCUT2D eigenvalue weighted by Gasteiger charge is 2.39. The third-order valence-corrected chi connectivity index (χ3v) is 5.29. The SMILES string of the molecule is CN1C(C(=O)c2ccccc2)C=CCC1(C)C[C@H](O)c1ccccc1. The van der Waals surface area contributed by atoms with Gasteiger partial charge in [0.2, 0.25) is 0 Å². The van der Waals surface area contributed by atoms with Crippen molar-refractivity contribution in [3.05, 3.63) is 83.9 Å². The van der Waals surface area contributed by atoms with Crippen LogP contribution in [0.25, 0.3) is 0 Å². The molecule has 3 heteroatoms. The minimum atomic E-state index is -0.548. The van der Waals surface area contributed by atoms with E-state index < -0.39 is 6.10 Å². The molecule has 0 amide bonds. The number of hydrogen-bond acceptors (Lipinski definition) is 3. The van der Waals surface area contributed by atoms with Crippen LogP contribution in [0.2, 0.25) is 0 Å². The van der Waals surface area contributed by atoms with Crippen LogP contribution >= 0.6 is 0 Å². The molecule has 0 fully saturated rings. The molecule has 2 aromatic rings. The molecule has 2 aromatic carbocycles.